The summed E-state index contributed by atoms with van der Waals surface area (Å²) in [7, 11) is 0. The van der Waals surface area contributed by atoms with Crippen LogP contribution >= 0.6 is 0 Å². The summed E-state index contributed by atoms with van der Waals surface area (Å²) in [5, 5.41) is 18.5. The van der Waals surface area contributed by atoms with Crippen molar-refractivity contribution in [2.45, 2.75) is 45.3 Å². The van der Waals surface area contributed by atoms with Crippen molar-refractivity contribution in [3.8, 4) is 0 Å². The van der Waals surface area contributed by atoms with Crippen LogP contribution in [0.2, 0.25) is 0 Å². The van der Waals surface area contributed by atoms with E-state index < -0.39 is 5.79 Å². The van der Waals surface area contributed by atoms with Crippen molar-refractivity contribution in [2.75, 3.05) is 26.4 Å². The zero-order valence-corrected chi connectivity index (χ0v) is 14.5. The highest BCUT2D eigenvalue weighted by Crippen LogP contribution is 2.55. The largest absolute Gasteiger partial charge is 0.394 e. The molecule has 1 aliphatic rings. The lowest BCUT2D eigenvalue weighted by molar-refractivity contribution is -0.291. The van der Waals surface area contributed by atoms with E-state index in [9.17, 15) is 10.2 Å². The minimum absolute atomic E-state index is 0.00999. The van der Waals surface area contributed by atoms with E-state index in [1.54, 1.807) is 0 Å². The Hall–Kier alpha value is -0.940. The van der Waals surface area contributed by atoms with Crippen LogP contribution in [-0.4, -0.2) is 42.4 Å². The molecular weight excluding hydrogens is 292 g/mol. The second-order valence-corrected chi connectivity index (χ2v) is 7.30. The van der Waals surface area contributed by atoms with E-state index in [-0.39, 0.29) is 37.8 Å². The van der Waals surface area contributed by atoms with Crippen LogP contribution in [0.3, 0.4) is 0 Å². The monoisotopic (exact) mass is 322 g/mol. The van der Waals surface area contributed by atoms with Crippen LogP contribution in [0.15, 0.2) is 30.3 Å². The third kappa shape index (κ3) is 4.13. The Kier molecular flexibility index (Phi) is 6.20. The molecule has 130 valence electrons. The average Bonchev–Trinajstić information content (AvgIpc) is 2.50. The van der Waals surface area contributed by atoms with Crippen molar-refractivity contribution in [3.63, 3.8) is 0 Å². The van der Waals surface area contributed by atoms with E-state index in [0.29, 0.717) is 5.92 Å². The molecule has 2 rings (SSSR count). The number of aliphatic hydroxyl groups excluding tert-OH is 2. The molecule has 0 saturated heterocycles. The lowest BCUT2D eigenvalue weighted by atomic mass is 9.60. The average molecular weight is 322 g/mol. The van der Waals surface area contributed by atoms with Crippen molar-refractivity contribution in [1.29, 1.82) is 0 Å². The molecule has 0 bridgehead atoms. The van der Waals surface area contributed by atoms with Gasteiger partial charge < -0.3 is 19.7 Å². The maximum Gasteiger partial charge on any atom is 0.176 e. The molecule has 4 heteroatoms. The molecule has 23 heavy (non-hydrogen) atoms. The van der Waals surface area contributed by atoms with Gasteiger partial charge in [0.15, 0.2) is 5.79 Å². The molecule has 1 aromatic rings. The molecule has 1 fully saturated rings. The van der Waals surface area contributed by atoms with E-state index >= 15 is 0 Å². The lowest BCUT2D eigenvalue weighted by Gasteiger charge is -2.53. The SMILES string of the molecule is CC1CC(C)(C)C(c2ccccc2)C(OCCO)(OCCO)C1. The molecule has 0 heterocycles. The van der Waals surface area contributed by atoms with Crippen molar-refractivity contribution in [1.82, 2.24) is 0 Å². The van der Waals surface area contributed by atoms with Gasteiger partial charge in [-0.2, -0.15) is 0 Å². The normalized spacial score (nSPS) is 26.1. The minimum atomic E-state index is -0.812. The van der Waals surface area contributed by atoms with E-state index in [4.69, 9.17) is 9.47 Å². The Morgan fingerprint density at radius 1 is 1.00 bits per heavy atom. The van der Waals surface area contributed by atoms with Gasteiger partial charge in [0.05, 0.1) is 26.4 Å². The van der Waals surface area contributed by atoms with E-state index in [1.165, 1.54) is 5.56 Å². The Bertz CT molecular complexity index is 464. The summed E-state index contributed by atoms with van der Waals surface area (Å²) in [6, 6.07) is 10.3. The van der Waals surface area contributed by atoms with Crippen molar-refractivity contribution >= 4 is 0 Å². The molecule has 2 N–H and O–H groups in total. The van der Waals surface area contributed by atoms with Crippen LogP contribution in [0.1, 0.15) is 45.1 Å². The minimum Gasteiger partial charge on any atom is -0.394 e. The molecule has 0 radical (unpaired) electrons. The summed E-state index contributed by atoms with van der Waals surface area (Å²) < 4.78 is 12.2. The topological polar surface area (TPSA) is 58.9 Å². The first kappa shape index (κ1) is 18.4. The van der Waals surface area contributed by atoms with E-state index in [2.05, 4.69) is 32.9 Å². The first-order valence-electron chi connectivity index (χ1n) is 8.50. The highest BCUT2D eigenvalue weighted by Gasteiger charge is 2.54. The van der Waals surface area contributed by atoms with Gasteiger partial charge in [-0.1, -0.05) is 51.1 Å². The summed E-state index contributed by atoms with van der Waals surface area (Å²) in [5.74, 6) is -0.318. The fraction of sp³-hybridized carbons (Fsp3) is 0.684. The summed E-state index contributed by atoms with van der Waals surface area (Å²) >= 11 is 0. The molecule has 0 aromatic heterocycles. The highest BCUT2D eigenvalue weighted by atomic mass is 16.7. The molecule has 1 aliphatic carbocycles. The van der Waals surface area contributed by atoms with Gasteiger partial charge in [-0.25, -0.2) is 0 Å². The smallest absolute Gasteiger partial charge is 0.176 e. The maximum atomic E-state index is 9.26. The Balaban J connectivity index is 2.46. The van der Waals surface area contributed by atoms with Crippen LogP contribution in [0.4, 0.5) is 0 Å². The van der Waals surface area contributed by atoms with Gasteiger partial charge in [0.1, 0.15) is 0 Å². The summed E-state index contributed by atoms with van der Waals surface area (Å²) in [5.41, 5.74) is 1.17. The summed E-state index contributed by atoms with van der Waals surface area (Å²) in [6.45, 7) is 7.10. The van der Waals surface area contributed by atoms with Crippen LogP contribution in [0.5, 0.6) is 0 Å². The summed E-state index contributed by atoms with van der Waals surface area (Å²) in [6.07, 6.45) is 1.84. The quantitative estimate of drug-likeness (QED) is 0.758. The molecule has 0 spiro atoms. The molecule has 1 saturated carbocycles. The molecule has 0 aliphatic heterocycles. The number of ether oxygens (including phenoxy) is 2. The van der Waals surface area contributed by atoms with Gasteiger partial charge in [0.2, 0.25) is 0 Å². The second kappa shape index (κ2) is 7.75. The van der Waals surface area contributed by atoms with Crippen LogP contribution in [0.25, 0.3) is 0 Å². The number of benzene rings is 1. The van der Waals surface area contributed by atoms with Crippen molar-refractivity contribution < 1.29 is 19.7 Å². The Labute approximate surface area is 139 Å². The predicted molar refractivity (Wildman–Crippen MR) is 90.2 cm³/mol. The van der Waals surface area contributed by atoms with Gasteiger partial charge in [-0.3, -0.25) is 0 Å². The molecular formula is C19H30O4. The molecule has 1 aromatic carbocycles. The van der Waals surface area contributed by atoms with Gasteiger partial charge >= 0.3 is 0 Å². The Morgan fingerprint density at radius 2 is 1.57 bits per heavy atom. The molecule has 2 atom stereocenters. The number of hydrogen-bond donors (Lipinski definition) is 2. The van der Waals surface area contributed by atoms with E-state index in [1.807, 2.05) is 18.2 Å². The van der Waals surface area contributed by atoms with Crippen LogP contribution < -0.4 is 0 Å². The molecule has 2 unspecified atom stereocenters. The van der Waals surface area contributed by atoms with Gasteiger partial charge in [-0.15, -0.1) is 0 Å². The fourth-order valence-electron chi connectivity index (χ4n) is 4.40. The lowest BCUT2D eigenvalue weighted by Crippen LogP contribution is -2.54. The van der Waals surface area contributed by atoms with Crippen LogP contribution in [0, 0.1) is 11.3 Å². The molecule has 4 nitrogen and oxygen atoms in total. The number of rotatable bonds is 7. The van der Waals surface area contributed by atoms with Crippen molar-refractivity contribution in [2.24, 2.45) is 11.3 Å². The highest BCUT2D eigenvalue weighted by molar-refractivity contribution is 5.26. The zero-order valence-electron chi connectivity index (χ0n) is 14.5. The molecule has 0 amide bonds. The van der Waals surface area contributed by atoms with Crippen molar-refractivity contribution in [3.05, 3.63) is 35.9 Å². The van der Waals surface area contributed by atoms with Gasteiger partial charge in [0.25, 0.3) is 0 Å². The maximum absolute atomic E-state index is 9.26. The van der Waals surface area contributed by atoms with Crippen LogP contribution in [-0.2, 0) is 9.47 Å². The third-order valence-electron chi connectivity index (χ3n) is 4.74. The standard InChI is InChI=1S/C19H30O4/c1-15-13-18(2,3)17(16-7-5-4-6-8-16)19(14-15,22-11-9-20)23-12-10-21/h4-8,15,17,20-21H,9-14H2,1-3H3. The fourth-order valence-corrected chi connectivity index (χ4v) is 4.40. The second-order valence-electron chi connectivity index (χ2n) is 7.30. The zero-order chi connectivity index (χ0) is 16.9. The first-order chi connectivity index (χ1) is 10.9. The number of aliphatic hydroxyl groups is 2. The van der Waals surface area contributed by atoms with Gasteiger partial charge in [-0.05, 0) is 23.3 Å². The first-order valence-corrected chi connectivity index (χ1v) is 8.50. The predicted octanol–water partition coefficient (Wildman–Crippen LogP) is 2.94. The van der Waals surface area contributed by atoms with Gasteiger partial charge in [0, 0.05) is 12.3 Å². The van der Waals surface area contributed by atoms with E-state index in [0.717, 1.165) is 12.8 Å². The number of hydrogen-bond acceptors (Lipinski definition) is 4. The third-order valence-corrected chi connectivity index (χ3v) is 4.74. The Morgan fingerprint density at radius 3 is 2.09 bits per heavy atom. The summed E-state index contributed by atoms with van der Waals surface area (Å²) in [4.78, 5) is 0.